The molecule has 1 N–H and O–H groups in total. The number of anilines is 1. The van der Waals surface area contributed by atoms with Crippen molar-refractivity contribution in [3.63, 3.8) is 0 Å². The Morgan fingerprint density at radius 1 is 1.53 bits per heavy atom. The SMILES string of the molecule is COCCn1cc(NC(C)c2cscn2)ccc1=O. The molecular formula is C13H17N3O2S. The van der Waals surface area contributed by atoms with Gasteiger partial charge in [-0.25, -0.2) is 4.98 Å². The Balaban J connectivity index is 2.10. The molecular weight excluding hydrogens is 262 g/mol. The van der Waals surface area contributed by atoms with Crippen molar-refractivity contribution < 1.29 is 4.74 Å². The first-order valence-electron chi connectivity index (χ1n) is 6.05. The third kappa shape index (κ3) is 3.65. The number of nitrogens with zero attached hydrogens (tertiary/aromatic N) is 2. The Kier molecular flexibility index (Phi) is 4.70. The van der Waals surface area contributed by atoms with Crippen LogP contribution in [-0.4, -0.2) is 23.3 Å². The van der Waals surface area contributed by atoms with E-state index in [9.17, 15) is 4.79 Å². The lowest BCUT2D eigenvalue weighted by atomic mass is 10.2. The molecule has 2 rings (SSSR count). The zero-order valence-electron chi connectivity index (χ0n) is 11.0. The van der Waals surface area contributed by atoms with Crippen LogP contribution in [0.15, 0.2) is 34.0 Å². The topological polar surface area (TPSA) is 56.1 Å². The molecule has 0 saturated heterocycles. The molecule has 102 valence electrons. The average molecular weight is 279 g/mol. The summed E-state index contributed by atoms with van der Waals surface area (Å²) >= 11 is 1.57. The molecule has 1 atom stereocenters. The van der Waals surface area contributed by atoms with E-state index in [4.69, 9.17) is 4.74 Å². The van der Waals surface area contributed by atoms with E-state index in [0.717, 1.165) is 11.4 Å². The zero-order valence-corrected chi connectivity index (χ0v) is 11.8. The zero-order chi connectivity index (χ0) is 13.7. The number of rotatable bonds is 6. The van der Waals surface area contributed by atoms with Crippen LogP contribution in [0.5, 0.6) is 0 Å². The van der Waals surface area contributed by atoms with E-state index in [2.05, 4.69) is 10.3 Å². The minimum atomic E-state index is -0.0242. The second-order valence-corrected chi connectivity index (χ2v) is 4.94. The van der Waals surface area contributed by atoms with Crippen LogP contribution in [0.25, 0.3) is 0 Å². The monoisotopic (exact) mass is 279 g/mol. The second-order valence-electron chi connectivity index (χ2n) is 4.22. The second kappa shape index (κ2) is 6.49. The number of methoxy groups -OCH3 is 1. The van der Waals surface area contributed by atoms with Crippen molar-refractivity contribution in [1.29, 1.82) is 0 Å². The molecule has 2 aromatic rings. The predicted octanol–water partition coefficient (Wildman–Crippen LogP) is 2.12. The fraction of sp³-hybridized carbons (Fsp3) is 0.385. The van der Waals surface area contributed by atoms with E-state index in [1.54, 1.807) is 35.1 Å². The van der Waals surface area contributed by atoms with Crippen LogP contribution in [0.4, 0.5) is 5.69 Å². The first-order chi connectivity index (χ1) is 9.20. The summed E-state index contributed by atoms with van der Waals surface area (Å²) in [6.45, 7) is 3.11. The summed E-state index contributed by atoms with van der Waals surface area (Å²) < 4.78 is 6.63. The van der Waals surface area contributed by atoms with Gasteiger partial charge in [0.1, 0.15) is 0 Å². The van der Waals surface area contributed by atoms with Crippen LogP contribution >= 0.6 is 11.3 Å². The van der Waals surface area contributed by atoms with Gasteiger partial charge in [0, 0.05) is 31.3 Å². The van der Waals surface area contributed by atoms with E-state index in [-0.39, 0.29) is 11.6 Å². The van der Waals surface area contributed by atoms with Gasteiger partial charge >= 0.3 is 0 Å². The average Bonchev–Trinajstić information content (AvgIpc) is 2.93. The third-order valence-electron chi connectivity index (χ3n) is 2.80. The van der Waals surface area contributed by atoms with Gasteiger partial charge in [-0.3, -0.25) is 4.79 Å². The van der Waals surface area contributed by atoms with Crippen LogP contribution in [-0.2, 0) is 11.3 Å². The molecule has 0 bridgehead atoms. The molecule has 5 nitrogen and oxygen atoms in total. The number of ether oxygens (including phenoxy) is 1. The van der Waals surface area contributed by atoms with Gasteiger partial charge in [-0.2, -0.15) is 0 Å². The van der Waals surface area contributed by atoms with Crippen LogP contribution < -0.4 is 10.9 Å². The molecule has 0 amide bonds. The molecule has 0 fully saturated rings. The van der Waals surface area contributed by atoms with Gasteiger partial charge in [0.2, 0.25) is 0 Å². The first kappa shape index (κ1) is 13.8. The number of thiazole rings is 1. The minimum Gasteiger partial charge on any atom is -0.383 e. The molecule has 0 spiro atoms. The fourth-order valence-electron chi connectivity index (χ4n) is 1.74. The molecule has 0 aromatic carbocycles. The van der Waals surface area contributed by atoms with Crippen LogP contribution in [0.2, 0.25) is 0 Å². The summed E-state index contributed by atoms with van der Waals surface area (Å²) in [6.07, 6.45) is 1.81. The van der Waals surface area contributed by atoms with Crippen molar-refractivity contribution in [3.05, 3.63) is 45.3 Å². The number of pyridine rings is 1. The van der Waals surface area contributed by atoms with Gasteiger partial charge in [0.25, 0.3) is 5.56 Å². The Morgan fingerprint density at radius 3 is 3.05 bits per heavy atom. The highest BCUT2D eigenvalue weighted by molar-refractivity contribution is 7.07. The highest BCUT2D eigenvalue weighted by Gasteiger charge is 2.07. The molecule has 19 heavy (non-hydrogen) atoms. The number of nitrogens with one attached hydrogen (secondary N) is 1. The largest absolute Gasteiger partial charge is 0.383 e. The maximum atomic E-state index is 11.7. The molecule has 0 saturated carbocycles. The summed E-state index contributed by atoms with van der Waals surface area (Å²) in [5.74, 6) is 0. The first-order valence-corrected chi connectivity index (χ1v) is 6.99. The van der Waals surface area contributed by atoms with Crippen LogP contribution in [0, 0.1) is 0 Å². The Bertz CT molecular complexity index is 566. The number of aromatic nitrogens is 2. The van der Waals surface area contributed by atoms with Gasteiger partial charge in [-0.15, -0.1) is 11.3 Å². The van der Waals surface area contributed by atoms with Crippen LogP contribution in [0.1, 0.15) is 18.7 Å². The molecule has 2 aromatic heterocycles. The number of hydrogen-bond acceptors (Lipinski definition) is 5. The summed E-state index contributed by atoms with van der Waals surface area (Å²) in [6, 6.07) is 3.46. The van der Waals surface area contributed by atoms with E-state index < -0.39 is 0 Å². The van der Waals surface area contributed by atoms with Crippen molar-refractivity contribution in [2.45, 2.75) is 19.5 Å². The van der Waals surface area contributed by atoms with Gasteiger partial charge in [0.05, 0.1) is 29.5 Å². The van der Waals surface area contributed by atoms with Gasteiger partial charge in [-0.1, -0.05) is 0 Å². The molecule has 0 radical (unpaired) electrons. The summed E-state index contributed by atoms with van der Waals surface area (Å²) in [5, 5.41) is 5.34. The fourth-order valence-corrected chi connectivity index (χ4v) is 2.39. The van der Waals surface area contributed by atoms with Crippen molar-refractivity contribution in [2.75, 3.05) is 19.0 Å². The molecule has 1 unspecified atom stereocenters. The minimum absolute atomic E-state index is 0.0242. The van der Waals surface area contributed by atoms with Gasteiger partial charge < -0.3 is 14.6 Å². The van der Waals surface area contributed by atoms with Crippen molar-refractivity contribution in [2.24, 2.45) is 0 Å². The molecule has 0 aliphatic heterocycles. The maximum absolute atomic E-state index is 11.7. The molecule has 0 aliphatic rings. The normalized spacial score (nSPS) is 12.3. The Labute approximate surface area is 115 Å². The Hall–Kier alpha value is -1.66. The van der Waals surface area contributed by atoms with E-state index >= 15 is 0 Å². The van der Waals surface area contributed by atoms with E-state index in [0.29, 0.717) is 13.2 Å². The van der Waals surface area contributed by atoms with E-state index in [1.807, 2.05) is 24.0 Å². The quantitative estimate of drug-likeness (QED) is 0.880. The molecule has 0 aliphatic carbocycles. The van der Waals surface area contributed by atoms with Gasteiger partial charge in [0.15, 0.2) is 0 Å². The predicted molar refractivity (Wildman–Crippen MR) is 76.7 cm³/mol. The number of hydrogen-bond donors (Lipinski definition) is 1. The third-order valence-corrected chi connectivity index (χ3v) is 3.40. The highest BCUT2D eigenvalue weighted by atomic mass is 32.1. The summed E-state index contributed by atoms with van der Waals surface area (Å²) in [5.41, 5.74) is 3.69. The van der Waals surface area contributed by atoms with Crippen molar-refractivity contribution in [3.8, 4) is 0 Å². The standard InChI is InChI=1S/C13H17N3O2S/c1-10(12-8-19-9-14-12)15-11-3-4-13(17)16(7-11)5-6-18-2/h3-4,7-10,15H,5-6H2,1-2H3. The van der Waals surface area contributed by atoms with Crippen molar-refractivity contribution in [1.82, 2.24) is 9.55 Å². The molecule has 2 heterocycles. The van der Waals surface area contributed by atoms with E-state index in [1.165, 1.54) is 0 Å². The smallest absolute Gasteiger partial charge is 0.250 e. The van der Waals surface area contributed by atoms with Crippen molar-refractivity contribution >= 4 is 17.0 Å². The summed E-state index contributed by atoms with van der Waals surface area (Å²) in [7, 11) is 1.62. The Morgan fingerprint density at radius 2 is 2.37 bits per heavy atom. The van der Waals surface area contributed by atoms with Gasteiger partial charge in [-0.05, 0) is 13.0 Å². The highest BCUT2D eigenvalue weighted by Crippen LogP contribution is 2.17. The lowest BCUT2D eigenvalue weighted by molar-refractivity contribution is 0.186. The molecule has 6 heteroatoms. The lowest BCUT2D eigenvalue weighted by Crippen LogP contribution is -2.21. The summed E-state index contributed by atoms with van der Waals surface area (Å²) in [4.78, 5) is 15.9. The maximum Gasteiger partial charge on any atom is 0.250 e. The lowest BCUT2D eigenvalue weighted by Gasteiger charge is -2.14. The van der Waals surface area contributed by atoms with Crippen LogP contribution in [0.3, 0.4) is 0 Å².